The minimum absolute atomic E-state index is 0.763. The average molecular weight is 761 g/mol. The summed E-state index contributed by atoms with van der Waals surface area (Å²) in [6.45, 7) is 2.97. The van der Waals surface area contributed by atoms with E-state index in [4.69, 9.17) is 8.83 Å². The van der Waals surface area contributed by atoms with Gasteiger partial charge >= 0.3 is 0 Å². The number of anilines is 5. The lowest BCUT2D eigenvalue weighted by Crippen LogP contribution is -2.17. The first-order valence-electron chi connectivity index (χ1n) is 18.8. The van der Waals surface area contributed by atoms with Crippen LogP contribution in [0, 0.1) is 0 Å². The highest BCUT2D eigenvalue weighted by Gasteiger charge is 2.22. The number of rotatable bonds is 10. The highest BCUT2D eigenvalue weighted by molar-refractivity contribution is 7.99. The Bertz CT molecular complexity index is 2980. The van der Waals surface area contributed by atoms with Crippen LogP contribution < -0.4 is 9.80 Å². The van der Waals surface area contributed by atoms with Crippen LogP contribution in [-0.2, 0) is 0 Å². The highest BCUT2D eigenvalue weighted by Crippen LogP contribution is 2.47. The van der Waals surface area contributed by atoms with Crippen LogP contribution in [0.3, 0.4) is 0 Å². The van der Waals surface area contributed by atoms with Crippen LogP contribution in [0.25, 0.3) is 43.9 Å². The second-order valence-electron chi connectivity index (χ2n) is 13.6. The predicted octanol–water partition coefficient (Wildman–Crippen LogP) is 15.4. The SMILES string of the molecule is CCN(c1cccc(N(c2ccccc2)c2cc(Sc3ccccc3)c3c(c2)oc2ccccc23)c1)c1cc(Sc2ccccc2)c2c(c1)oc1ccccc12. The molecular formula is C50H36N2O2S2. The summed E-state index contributed by atoms with van der Waals surface area (Å²) in [5.74, 6) is 0. The van der Waals surface area contributed by atoms with Gasteiger partial charge in [-0.1, -0.05) is 121 Å². The van der Waals surface area contributed by atoms with Crippen molar-refractivity contribution in [2.45, 2.75) is 26.5 Å². The molecule has 2 aromatic heterocycles. The van der Waals surface area contributed by atoms with Crippen molar-refractivity contribution >= 4 is 95.8 Å². The molecule has 0 fully saturated rings. The van der Waals surface area contributed by atoms with E-state index in [1.807, 2.05) is 12.1 Å². The second kappa shape index (κ2) is 14.7. The van der Waals surface area contributed by atoms with E-state index in [1.54, 1.807) is 23.5 Å². The number of hydrogen-bond acceptors (Lipinski definition) is 6. The van der Waals surface area contributed by atoms with Gasteiger partial charge in [0.05, 0.1) is 5.69 Å². The third-order valence-electron chi connectivity index (χ3n) is 10.1. The minimum atomic E-state index is 0.763. The molecule has 10 rings (SSSR count). The largest absolute Gasteiger partial charge is 0.456 e. The van der Waals surface area contributed by atoms with Crippen LogP contribution in [-0.4, -0.2) is 6.54 Å². The second-order valence-corrected chi connectivity index (χ2v) is 15.8. The maximum Gasteiger partial charge on any atom is 0.138 e. The van der Waals surface area contributed by atoms with Crippen LogP contribution in [0.2, 0.25) is 0 Å². The molecule has 6 heteroatoms. The first-order chi connectivity index (χ1) is 27.7. The summed E-state index contributed by atoms with van der Waals surface area (Å²) in [7, 11) is 0. The lowest BCUT2D eigenvalue weighted by Gasteiger charge is -2.29. The van der Waals surface area contributed by atoms with Crippen molar-refractivity contribution in [1.82, 2.24) is 0 Å². The van der Waals surface area contributed by atoms with Crippen LogP contribution in [0.5, 0.6) is 0 Å². The number of para-hydroxylation sites is 3. The van der Waals surface area contributed by atoms with Gasteiger partial charge in [-0.15, -0.1) is 0 Å². The monoisotopic (exact) mass is 760 g/mol. The molecule has 0 saturated heterocycles. The molecule has 0 saturated carbocycles. The maximum atomic E-state index is 6.58. The molecule has 0 radical (unpaired) electrons. The van der Waals surface area contributed by atoms with Crippen LogP contribution in [0.15, 0.2) is 216 Å². The van der Waals surface area contributed by atoms with Gasteiger partial charge in [0.15, 0.2) is 0 Å². The number of hydrogen-bond donors (Lipinski definition) is 0. The fourth-order valence-electron chi connectivity index (χ4n) is 7.62. The number of fused-ring (bicyclic) bond motifs is 6. The summed E-state index contributed by atoms with van der Waals surface area (Å²) in [5.41, 5.74) is 8.80. The smallest absolute Gasteiger partial charge is 0.138 e. The van der Waals surface area contributed by atoms with Gasteiger partial charge in [-0.05, 0) is 85.8 Å². The molecule has 0 bridgehead atoms. The van der Waals surface area contributed by atoms with Crippen molar-refractivity contribution in [1.29, 1.82) is 0 Å². The summed E-state index contributed by atoms with van der Waals surface area (Å²) in [5, 5.41) is 4.51. The van der Waals surface area contributed by atoms with Crippen molar-refractivity contribution < 1.29 is 8.83 Å². The van der Waals surface area contributed by atoms with E-state index < -0.39 is 0 Å². The van der Waals surface area contributed by atoms with E-state index in [-0.39, 0.29) is 0 Å². The van der Waals surface area contributed by atoms with Crippen molar-refractivity contribution in [3.63, 3.8) is 0 Å². The summed E-state index contributed by atoms with van der Waals surface area (Å²) in [4.78, 5) is 9.37. The van der Waals surface area contributed by atoms with Gasteiger partial charge in [-0.3, -0.25) is 0 Å². The number of furan rings is 2. The fourth-order valence-corrected chi connectivity index (χ4v) is 9.70. The molecule has 4 nitrogen and oxygen atoms in total. The predicted molar refractivity (Wildman–Crippen MR) is 236 cm³/mol. The van der Waals surface area contributed by atoms with Crippen molar-refractivity contribution in [3.8, 4) is 0 Å². The molecule has 270 valence electrons. The quantitative estimate of drug-likeness (QED) is 0.138. The first kappa shape index (κ1) is 34.2. The number of nitrogens with zero attached hydrogens (tertiary/aromatic N) is 2. The fraction of sp³-hybridized carbons (Fsp3) is 0.0400. The Morgan fingerprint density at radius 2 is 0.857 bits per heavy atom. The van der Waals surface area contributed by atoms with E-state index in [2.05, 4.69) is 193 Å². The van der Waals surface area contributed by atoms with E-state index in [1.165, 1.54) is 9.79 Å². The lowest BCUT2D eigenvalue weighted by molar-refractivity contribution is 0.668. The zero-order chi connectivity index (χ0) is 37.4. The maximum absolute atomic E-state index is 6.58. The van der Waals surface area contributed by atoms with E-state index >= 15 is 0 Å². The Kier molecular flexibility index (Phi) is 8.98. The number of benzene rings is 8. The molecular weight excluding hydrogens is 725 g/mol. The van der Waals surface area contributed by atoms with Gasteiger partial charge < -0.3 is 18.6 Å². The van der Waals surface area contributed by atoms with Gasteiger partial charge in [0.25, 0.3) is 0 Å². The Morgan fingerprint density at radius 3 is 1.43 bits per heavy atom. The molecule has 0 N–H and O–H groups in total. The molecule has 0 aliphatic carbocycles. The zero-order valence-electron chi connectivity index (χ0n) is 30.6. The Hall–Kier alpha value is -6.34. The van der Waals surface area contributed by atoms with Crippen molar-refractivity contribution in [2.75, 3.05) is 16.3 Å². The zero-order valence-corrected chi connectivity index (χ0v) is 32.3. The highest BCUT2D eigenvalue weighted by atomic mass is 32.2. The molecule has 0 aliphatic heterocycles. The van der Waals surface area contributed by atoms with E-state index in [0.717, 1.165) is 88.6 Å². The lowest BCUT2D eigenvalue weighted by atomic mass is 10.1. The Balaban J connectivity index is 1.12. The molecule has 56 heavy (non-hydrogen) atoms. The molecule has 0 spiro atoms. The average Bonchev–Trinajstić information content (AvgIpc) is 3.81. The summed E-state index contributed by atoms with van der Waals surface area (Å²) >= 11 is 3.54. The molecule has 10 aromatic rings. The van der Waals surface area contributed by atoms with Crippen LogP contribution in [0.4, 0.5) is 28.4 Å². The topological polar surface area (TPSA) is 32.8 Å². The molecule has 0 aliphatic rings. The van der Waals surface area contributed by atoms with Crippen LogP contribution in [0.1, 0.15) is 6.92 Å². The third kappa shape index (κ3) is 6.37. The van der Waals surface area contributed by atoms with Gasteiger partial charge in [-0.2, -0.15) is 0 Å². The summed E-state index contributed by atoms with van der Waals surface area (Å²) in [6, 6.07) is 66.2. The van der Waals surface area contributed by atoms with E-state index in [9.17, 15) is 0 Å². The molecule has 2 heterocycles. The van der Waals surface area contributed by atoms with Gasteiger partial charge in [0.1, 0.15) is 22.3 Å². The molecule has 0 unspecified atom stereocenters. The Morgan fingerprint density at radius 1 is 0.393 bits per heavy atom. The first-order valence-corrected chi connectivity index (χ1v) is 20.4. The minimum Gasteiger partial charge on any atom is -0.456 e. The molecule has 8 aromatic carbocycles. The third-order valence-corrected chi connectivity index (χ3v) is 12.2. The molecule has 0 atom stereocenters. The summed E-state index contributed by atoms with van der Waals surface area (Å²) in [6.07, 6.45) is 0. The van der Waals surface area contributed by atoms with Crippen molar-refractivity contribution in [3.05, 3.63) is 188 Å². The standard InChI is InChI=1S/C50H36N2O2S2/c1-2-51(37-30-45-49(41-25-12-14-27-43(41)53-45)47(32-37)55-39-21-8-4-9-22-39)35-19-16-20-36(29-35)52(34-17-6-3-7-18-34)38-31-46-50(42-26-13-15-28-44(42)54-46)48(33-38)56-40-23-10-5-11-24-40/h3-33H,2H2,1H3. The van der Waals surface area contributed by atoms with Gasteiger partial charge in [0, 0.05) is 82.6 Å². The van der Waals surface area contributed by atoms with Gasteiger partial charge in [-0.25, -0.2) is 0 Å². The molecule has 0 amide bonds. The Labute approximate surface area is 334 Å². The summed E-state index contributed by atoms with van der Waals surface area (Å²) < 4.78 is 13.1. The van der Waals surface area contributed by atoms with Crippen molar-refractivity contribution in [2.24, 2.45) is 0 Å². The van der Waals surface area contributed by atoms with E-state index in [0.29, 0.717) is 0 Å². The van der Waals surface area contributed by atoms with Crippen LogP contribution >= 0.6 is 23.5 Å². The van der Waals surface area contributed by atoms with Gasteiger partial charge in [0.2, 0.25) is 0 Å². The normalized spacial score (nSPS) is 11.5.